The van der Waals surface area contributed by atoms with E-state index in [-0.39, 0.29) is 13.2 Å². The largest absolute Gasteiger partial charge is 0.460 e. The molecule has 1 aromatic rings. The zero-order valence-electron chi connectivity index (χ0n) is 14.4. The van der Waals surface area contributed by atoms with Crippen LogP contribution < -0.4 is 5.32 Å². The zero-order chi connectivity index (χ0) is 18.0. The summed E-state index contributed by atoms with van der Waals surface area (Å²) in [5, 5.41) is 2.47. The third-order valence-electron chi connectivity index (χ3n) is 2.71. The summed E-state index contributed by atoms with van der Waals surface area (Å²) in [6.07, 6.45) is 0.749. The molecule has 1 aromatic carbocycles. The Labute approximate surface area is 142 Å². The number of hydrogen-bond donors (Lipinski definition) is 1. The van der Waals surface area contributed by atoms with Gasteiger partial charge in [0.25, 0.3) is 0 Å². The van der Waals surface area contributed by atoms with E-state index in [9.17, 15) is 9.59 Å². The summed E-state index contributed by atoms with van der Waals surface area (Å²) >= 11 is 0. The summed E-state index contributed by atoms with van der Waals surface area (Å²) < 4.78 is 15.7. The number of hydrogen-bond acceptors (Lipinski definition) is 5. The highest BCUT2D eigenvalue weighted by Gasteiger charge is 2.25. The summed E-state index contributed by atoms with van der Waals surface area (Å²) in [6.45, 7) is 9.06. The highest BCUT2D eigenvalue weighted by Crippen LogP contribution is 2.07. The van der Waals surface area contributed by atoms with Crippen LogP contribution in [0.15, 0.2) is 43.0 Å². The molecular weight excluding hydrogens is 310 g/mol. The van der Waals surface area contributed by atoms with Crippen molar-refractivity contribution in [2.45, 2.75) is 39.0 Å². The average molecular weight is 335 g/mol. The van der Waals surface area contributed by atoms with E-state index in [1.54, 1.807) is 20.8 Å². The molecule has 0 fully saturated rings. The van der Waals surface area contributed by atoms with Crippen LogP contribution in [-0.2, 0) is 25.6 Å². The van der Waals surface area contributed by atoms with Crippen molar-refractivity contribution >= 4 is 12.1 Å². The third-order valence-corrected chi connectivity index (χ3v) is 2.71. The second kappa shape index (κ2) is 9.72. The van der Waals surface area contributed by atoms with Crippen LogP contribution in [0.2, 0.25) is 0 Å². The second-order valence-corrected chi connectivity index (χ2v) is 6.12. The molecule has 24 heavy (non-hydrogen) atoms. The Kier molecular flexibility index (Phi) is 7.98. The van der Waals surface area contributed by atoms with Crippen molar-refractivity contribution in [1.82, 2.24) is 5.32 Å². The molecule has 1 rings (SSSR count). The number of amides is 1. The Morgan fingerprint density at radius 3 is 2.50 bits per heavy atom. The van der Waals surface area contributed by atoms with E-state index < -0.39 is 23.7 Å². The lowest BCUT2D eigenvalue weighted by molar-refractivity contribution is -0.146. The van der Waals surface area contributed by atoms with Crippen LogP contribution in [0.1, 0.15) is 26.3 Å². The van der Waals surface area contributed by atoms with Gasteiger partial charge in [0.05, 0.1) is 13.2 Å². The first-order valence-corrected chi connectivity index (χ1v) is 7.70. The Morgan fingerprint density at radius 1 is 1.25 bits per heavy atom. The summed E-state index contributed by atoms with van der Waals surface area (Å²) in [7, 11) is 0. The van der Waals surface area contributed by atoms with Gasteiger partial charge in [-0.05, 0) is 26.3 Å². The molecule has 6 heteroatoms. The molecule has 0 aromatic heterocycles. The fourth-order valence-electron chi connectivity index (χ4n) is 1.73. The van der Waals surface area contributed by atoms with Gasteiger partial charge in [0.1, 0.15) is 12.2 Å². The third kappa shape index (κ3) is 8.33. The smallest absolute Gasteiger partial charge is 0.408 e. The number of esters is 1. The highest BCUT2D eigenvalue weighted by atomic mass is 16.6. The van der Waals surface area contributed by atoms with Crippen molar-refractivity contribution in [1.29, 1.82) is 0 Å². The van der Waals surface area contributed by atoms with Crippen molar-refractivity contribution in [3.05, 3.63) is 48.6 Å². The minimum atomic E-state index is -0.955. The lowest BCUT2D eigenvalue weighted by Gasteiger charge is -2.22. The number of benzene rings is 1. The maximum atomic E-state index is 12.0. The highest BCUT2D eigenvalue weighted by molar-refractivity contribution is 5.81. The van der Waals surface area contributed by atoms with Crippen LogP contribution >= 0.6 is 0 Å². The SMILES string of the molecule is C=CCOC(=O)[C@H](COCc1ccccc1)NC(=O)OC(C)(C)C. The average Bonchev–Trinajstić information content (AvgIpc) is 2.51. The fourth-order valence-corrected chi connectivity index (χ4v) is 1.73. The van der Waals surface area contributed by atoms with Gasteiger partial charge in [0.2, 0.25) is 0 Å². The summed E-state index contributed by atoms with van der Waals surface area (Å²) in [4.78, 5) is 23.9. The number of alkyl carbamates (subject to hydrolysis) is 1. The number of carbonyl (C=O) groups is 2. The first kappa shape index (κ1) is 19.7. The fraction of sp³-hybridized carbons (Fsp3) is 0.444. The lowest BCUT2D eigenvalue weighted by atomic mass is 10.2. The number of rotatable bonds is 8. The molecule has 0 spiro atoms. The van der Waals surface area contributed by atoms with Gasteiger partial charge < -0.3 is 19.5 Å². The first-order valence-electron chi connectivity index (χ1n) is 7.70. The van der Waals surface area contributed by atoms with Crippen LogP contribution in [0, 0.1) is 0 Å². The molecule has 1 amide bonds. The minimum Gasteiger partial charge on any atom is -0.460 e. The quantitative estimate of drug-likeness (QED) is 0.584. The molecular formula is C18H25NO5. The number of carbonyl (C=O) groups excluding carboxylic acids is 2. The van der Waals surface area contributed by atoms with E-state index in [1.807, 2.05) is 30.3 Å². The summed E-state index contributed by atoms with van der Waals surface area (Å²) in [6, 6.07) is 8.56. The molecule has 6 nitrogen and oxygen atoms in total. The molecule has 0 saturated carbocycles. The topological polar surface area (TPSA) is 73.9 Å². The van der Waals surface area contributed by atoms with Crippen LogP contribution in [0.25, 0.3) is 0 Å². The van der Waals surface area contributed by atoms with Crippen LogP contribution in [0.3, 0.4) is 0 Å². The normalized spacial score (nSPS) is 12.1. The van der Waals surface area contributed by atoms with E-state index in [0.717, 1.165) is 5.56 Å². The van der Waals surface area contributed by atoms with E-state index in [0.29, 0.717) is 6.61 Å². The molecule has 0 bridgehead atoms. The van der Waals surface area contributed by atoms with Gasteiger partial charge in [-0.15, -0.1) is 0 Å². The molecule has 0 aliphatic carbocycles. The second-order valence-electron chi connectivity index (χ2n) is 6.12. The lowest BCUT2D eigenvalue weighted by Crippen LogP contribution is -2.46. The van der Waals surface area contributed by atoms with Gasteiger partial charge >= 0.3 is 12.1 Å². The van der Waals surface area contributed by atoms with Crippen molar-refractivity contribution < 1.29 is 23.8 Å². The molecule has 0 aliphatic rings. The van der Waals surface area contributed by atoms with Gasteiger partial charge in [0, 0.05) is 0 Å². The van der Waals surface area contributed by atoms with Crippen molar-refractivity contribution in [2.75, 3.05) is 13.2 Å². The predicted molar refractivity (Wildman–Crippen MR) is 90.4 cm³/mol. The van der Waals surface area contributed by atoms with Gasteiger partial charge in [-0.25, -0.2) is 9.59 Å². The Balaban J connectivity index is 2.58. The summed E-state index contributed by atoms with van der Waals surface area (Å²) in [5.74, 6) is -0.603. The molecule has 0 heterocycles. The zero-order valence-corrected chi connectivity index (χ0v) is 14.4. The monoisotopic (exact) mass is 335 g/mol. The molecule has 0 unspecified atom stereocenters. The molecule has 132 valence electrons. The summed E-state index contributed by atoms with van der Waals surface area (Å²) in [5.41, 5.74) is 0.304. The molecule has 1 atom stereocenters. The van der Waals surface area contributed by atoms with E-state index in [2.05, 4.69) is 11.9 Å². The standard InChI is InChI=1S/C18H25NO5/c1-5-11-23-16(20)15(19-17(21)24-18(2,3)4)13-22-12-14-9-7-6-8-10-14/h5-10,15H,1,11-13H2,2-4H3,(H,19,21)/t15-/m0/s1. The first-order chi connectivity index (χ1) is 11.3. The molecule has 1 N–H and O–H groups in total. The Bertz CT molecular complexity index is 536. The number of nitrogens with one attached hydrogen (secondary N) is 1. The van der Waals surface area contributed by atoms with Gasteiger partial charge in [-0.2, -0.15) is 0 Å². The minimum absolute atomic E-state index is 0.0237. The maximum absolute atomic E-state index is 12.0. The molecule has 0 saturated heterocycles. The van der Waals surface area contributed by atoms with Gasteiger partial charge in [-0.1, -0.05) is 43.0 Å². The Hall–Kier alpha value is -2.34. The molecule has 0 radical (unpaired) electrons. The van der Waals surface area contributed by atoms with Crippen molar-refractivity contribution in [3.8, 4) is 0 Å². The molecule has 0 aliphatic heterocycles. The van der Waals surface area contributed by atoms with E-state index >= 15 is 0 Å². The van der Waals surface area contributed by atoms with Crippen molar-refractivity contribution in [3.63, 3.8) is 0 Å². The number of ether oxygens (including phenoxy) is 3. The van der Waals surface area contributed by atoms with E-state index in [4.69, 9.17) is 14.2 Å². The Morgan fingerprint density at radius 2 is 1.92 bits per heavy atom. The van der Waals surface area contributed by atoms with Gasteiger partial charge in [-0.3, -0.25) is 0 Å². The predicted octanol–water partition coefficient (Wildman–Crippen LogP) is 2.83. The van der Waals surface area contributed by atoms with Crippen molar-refractivity contribution in [2.24, 2.45) is 0 Å². The van der Waals surface area contributed by atoms with Gasteiger partial charge in [0.15, 0.2) is 6.04 Å². The van der Waals surface area contributed by atoms with Crippen LogP contribution in [0.5, 0.6) is 0 Å². The van der Waals surface area contributed by atoms with Crippen LogP contribution in [-0.4, -0.2) is 36.9 Å². The van der Waals surface area contributed by atoms with E-state index in [1.165, 1.54) is 6.08 Å². The maximum Gasteiger partial charge on any atom is 0.408 e. The van der Waals surface area contributed by atoms with Crippen LogP contribution in [0.4, 0.5) is 4.79 Å².